The molecule has 0 amide bonds. The SMILES string of the molecule is Cc1cc(C)c(-c2nc3ccccc3n2-c2c(C)c(-n3c(-c4c(C)cc(C)cc4C)nc4ccccc43)c(C)c(-n3c(-c4c(C)cc(C)cc4C)nc4ccccc43)c2C)c(C)c1. The fourth-order valence-corrected chi connectivity index (χ4v) is 11.0. The van der Waals surface area contributed by atoms with E-state index in [1.54, 1.807) is 0 Å². The van der Waals surface area contributed by atoms with Crippen molar-refractivity contribution in [3.63, 3.8) is 0 Å². The zero-order chi connectivity index (χ0) is 44.2. The highest BCUT2D eigenvalue weighted by Gasteiger charge is 2.31. The summed E-state index contributed by atoms with van der Waals surface area (Å²) in [5.41, 5.74) is 27.1. The maximum absolute atomic E-state index is 5.52. The number of rotatable bonds is 6. The Labute approximate surface area is 370 Å². The monoisotopic (exact) mass is 822 g/mol. The first kappa shape index (κ1) is 40.0. The molecule has 0 radical (unpaired) electrons. The molecule has 3 aromatic heterocycles. The van der Waals surface area contributed by atoms with Crippen molar-refractivity contribution in [1.82, 2.24) is 28.7 Å². The Hall–Kier alpha value is -7.05. The normalized spacial score (nSPS) is 11.8. The second-order valence-corrected chi connectivity index (χ2v) is 18.0. The number of imidazole rings is 3. The third kappa shape index (κ3) is 6.18. The van der Waals surface area contributed by atoms with Gasteiger partial charge in [-0.15, -0.1) is 0 Å². The summed E-state index contributed by atoms with van der Waals surface area (Å²) in [5, 5.41) is 0. The number of benzene rings is 7. The Morgan fingerprint density at radius 2 is 0.524 bits per heavy atom. The molecule has 0 fully saturated rings. The lowest BCUT2D eigenvalue weighted by molar-refractivity contribution is 0.971. The molecule has 6 nitrogen and oxygen atoms in total. The lowest BCUT2D eigenvalue weighted by atomic mass is 9.94. The van der Waals surface area contributed by atoms with E-state index in [-0.39, 0.29) is 0 Å². The molecular formula is C57H54N6. The number of nitrogens with zero attached hydrogens (tertiary/aromatic N) is 6. The largest absolute Gasteiger partial charge is 0.292 e. The molecule has 0 atom stereocenters. The van der Waals surface area contributed by atoms with Crippen LogP contribution in [0.4, 0.5) is 0 Å². The molecule has 0 N–H and O–H groups in total. The van der Waals surface area contributed by atoms with Gasteiger partial charge in [0.15, 0.2) is 0 Å². The van der Waals surface area contributed by atoms with E-state index in [1.807, 2.05) is 0 Å². The number of hydrogen-bond acceptors (Lipinski definition) is 3. The van der Waals surface area contributed by atoms with Crippen LogP contribution >= 0.6 is 0 Å². The molecule has 0 saturated heterocycles. The van der Waals surface area contributed by atoms with Crippen LogP contribution in [0.25, 0.3) is 84.3 Å². The van der Waals surface area contributed by atoms with Gasteiger partial charge in [-0.25, -0.2) is 15.0 Å². The highest BCUT2D eigenvalue weighted by molar-refractivity contribution is 5.92. The maximum Gasteiger partial charge on any atom is 0.146 e. The Morgan fingerprint density at radius 3 is 0.762 bits per heavy atom. The highest BCUT2D eigenvalue weighted by Crippen LogP contribution is 2.45. The van der Waals surface area contributed by atoms with Gasteiger partial charge in [-0.3, -0.25) is 13.7 Å². The molecule has 10 rings (SSSR count). The fraction of sp³-hybridized carbons (Fsp3) is 0.211. The van der Waals surface area contributed by atoms with E-state index in [0.29, 0.717) is 0 Å². The van der Waals surface area contributed by atoms with Crippen molar-refractivity contribution >= 4 is 33.1 Å². The Balaban J connectivity index is 1.45. The smallest absolute Gasteiger partial charge is 0.146 e. The fourth-order valence-electron chi connectivity index (χ4n) is 11.0. The van der Waals surface area contributed by atoms with Crippen molar-refractivity contribution in [3.8, 4) is 51.2 Å². The van der Waals surface area contributed by atoms with Gasteiger partial charge in [0.05, 0.1) is 50.2 Å². The summed E-state index contributed by atoms with van der Waals surface area (Å²) < 4.78 is 7.33. The second kappa shape index (κ2) is 14.8. The van der Waals surface area contributed by atoms with Crippen LogP contribution in [-0.2, 0) is 0 Å². The minimum Gasteiger partial charge on any atom is -0.292 e. The summed E-state index contributed by atoms with van der Waals surface area (Å²) >= 11 is 0. The maximum atomic E-state index is 5.52. The molecule has 0 bridgehead atoms. The van der Waals surface area contributed by atoms with Gasteiger partial charge < -0.3 is 0 Å². The van der Waals surface area contributed by atoms with E-state index in [9.17, 15) is 0 Å². The van der Waals surface area contributed by atoms with Gasteiger partial charge in [0.25, 0.3) is 0 Å². The van der Waals surface area contributed by atoms with Crippen molar-refractivity contribution in [1.29, 1.82) is 0 Å². The first-order valence-corrected chi connectivity index (χ1v) is 22.1. The number of fused-ring (bicyclic) bond motifs is 3. The van der Waals surface area contributed by atoms with E-state index in [4.69, 9.17) is 15.0 Å². The van der Waals surface area contributed by atoms with Gasteiger partial charge in [0, 0.05) is 16.7 Å². The van der Waals surface area contributed by atoms with Gasteiger partial charge in [0.1, 0.15) is 17.5 Å². The minimum absolute atomic E-state index is 0.931. The van der Waals surface area contributed by atoms with Crippen LogP contribution in [0.5, 0.6) is 0 Å². The molecular weight excluding hydrogens is 769 g/mol. The summed E-state index contributed by atoms with van der Waals surface area (Å²) in [6, 6.07) is 39.5. The lowest BCUT2D eigenvalue weighted by Gasteiger charge is -2.28. The molecule has 0 aliphatic heterocycles. The first-order chi connectivity index (χ1) is 30.2. The van der Waals surface area contributed by atoms with Crippen molar-refractivity contribution in [2.24, 2.45) is 0 Å². The Morgan fingerprint density at radius 1 is 0.302 bits per heavy atom. The number of aryl methyl sites for hydroxylation is 9. The predicted octanol–water partition coefficient (Wildman–Crippen LogP) is 14.4. The summed E-state index contributed by atoms with van der Waals surface area (Å²) in [7, 11) is 0. The Kier molecular flexibility index (Phi) is 9.41. The van der Waals surface area contributed by atoms with Crippen LogP contribution < -0.4 is 0 Å². The van der Waals surface area contributed by atoms with E-state index in [0.717, 1.165) is 101 Å². The third-order valence-corrected chi connectivity index (χ3v) is 13.2. The van der Waals surface area contributed by atoms with Crippen LogP contribution in [0, 0.1) is 83.1 Å². The highest BCUT2D eigenvalue weighted by atomic mass is 15.1. The van der Waals surface area contributed by atoms with Crippen molar-refractivity contribution in [3.05, 3.63) is 176 Å². The zero-order valence-corrected chi connectivity index (χ0v) is 38.6. The molecule has 0 saturated carbocycles. The van der Waals surface area contributed by atoms with E-state index >= 15 is 0 Å². The lowest BCUT2D eigenvalue weighted by Crippen LogP contribution is -2.15. The quantitative estimate of drug-likeness (QED) is 0.168. The van der Waals surface area contributed by atoms with E-state index in [1.165, 1.54) is 50.1 Å². The average Bonchev–Trinajstić information content (AvgIpc) is 3.89. The minimum atomic E-state index is 0.931. The van der Waals surface area contributed by atoms with Gasteiger partial charge in [-0.2, -0.15) is 0 Å². The molecule has 0 spiro atoms. The van der Waals surface area contributed by atoms with E-state index in [2.05, 4.69) is 206 Å². The summed E-state index contributed by atoms with van der Waals surface area (Å²) in [5.74, 6) is 2.79. The number of hydrogen-bond donors (Lipinski definition) is 0. The average molecular weight is 823 g/mol. The van der Waals surface area contributed by atoms with Crippen molar-refractivity contribution in [2.75, 3.05) is 0 Å². The van der Waals surface area contributed by atoms with Gasteiger partial charge in [-0.1, -0.05) is 89.5 Å². The standard InChI is InChI=1S/C57H54N6/c1-31-25-34(4)49(35(5)26-31)55-58-43-19-13-16-22-46(43)61(55)52-40(10)53(62-47-23-17-14-20-44(47)59-56(62)50-36(6)27-32(2)28-37(50)7)42(12)54(41(52)11)63-48-24-18-15-21-45(48)60-57(63)51-38(8)29-33(3)30-39(51)9/h13-30H,1-12H3. The van der Waals surface area contributed by atoms with Gasteiger partial charge >= 0.3 is 0 Å². The molecule has 0 aliphatic rings. The summed E-state index contributed by atoms with van der Waals surface area (Å²) in [6.07, 6.45) is 0. The molecule has 10 aromatic rings. The molecule has 6 heteroatoms. The van der Waals surface area contributed by atoms with Crippen LogP contribution in [0.15, 0.2) is 109 Å². The summed E-state index contributed by atoms with van der Waals surface area (Å²) in [4.78, 5) is 16.6. The van der Waals surface area contributed by atoms with Crippen LogP contribution in [0.3, 0.4) is 0 Å². The molecule has 312 valence electrons. The first-order valence-electron chi connectivity index (χ1n) is 22.1. The topological polar surface area (TPSA) is 53.5 Å². The van der Waals surface area contributed by atoms with Crippen LogP contribution in [-0.4, -0.2) is 28.7 Å². The molecule has 7 aromatic carbocycles. The molecule has 3 heterocycles. The third-order valence-electron chi connectivity index (χ3n) is 13.2. The number of para-hydroxylation sites is 6. The predicted molar refractivity (Wildman–Crippen MR) is 263 cm³/mol. The van der Waals surface area contributed by atoms with E-state index < -0.39 is 0 Å². The number of aromatic nitrogens is 6. The molecule has 0 aliphatic carbocycles. The Bertz CT molecular complexity index is 3070. The second-order valence-electron chi connectivity index (χ2n) is 18.0. The zero-order valence-electron chi connectivity index (χ0n) is 38.6. The van der Waals surface area contributed by atoms with Crippen molar-refractivity contribution in [2.45, 2.75) is 83.1 Å². The van der Waals surface area contributed by atoms with Crippen molar-refractivity contribution < 1.29 is 0 Å². The molecule has 63 heavy (non-hydrogen) atoms. The summed E-state index contributed by atoms with van der Waals surface area (Å²) in [6.45, 7) is 26.7. The van der Waals surface area contributed by atoms with Gasteiger partial charge in [-0.05, 0) is 170 Å². The van der Waals surface area contributed by atoms with Crippen LogP contribution in [0.1, 0.15) is 66.8 Å². The van der Waals surface area contributed by atoms with Gasteiger partial charge in [0.2, 0.25) is 0 Å². The van der Waals surface area contributed by atoms with Crippen LogP contribution in [0.2, 0.25) is 0 Å². The molecule has 0 unspecified atom stereocenters.